The van der Waals surface area contributed by atoms with E-state index >= 15 is 0 Å². The van der Waals surface area contributed by atoms with Crippen molar-refractivity contribution in [1.82, 2.24) is 4.98 Å². The molecule has 0 saturated heterocycles. The van der Waals surface area contributed by atoms with Crippen molar-refractivity contribution in [2.75, 3.05) is 0 Å². The van der Waals surface area contributed by atoms with Crippen molar-refractivity contribution in [3.8, 4) is 66.8 Å². The molecule has 0 fully saturated rings. The van der Waals surface area contributed by atoms with E-state index in [1.54, 1.807) is 6.20 Å². The minimum absolute atomic E-state index is 0.865. The van der Waals surface area contributed by atoms with Crippen LogP contribution in [0.3, 0.4) is 0 Å². The van der Waals surface area contributed by atoms with Crippen LogP contribution in [0.25, 0.3) is 88.7 Å². The lowest BCUT2D eigenvalue weighted by Gasteiger charge is -2.23. The van der Waals surface area contributed by atoms with Crippen molar-refractivity contribution in [3.63, 3.8) is 0 Å². The third-order valence-corrected chi connectivity index (χ3v) is 8.78. The molecule has 0 radical (unpaired) electrons. The Morgan fingerprint density at radius 3 is 1.37 bits per heavy atom. The number of nitrogens with zero attached hydrogens (tertiary/aromatic N) is 1. The topological polar surface area (TPSA) is 26.0 Å². The second-order valence-corrected chi connectivity index (χ2v) is 11.2. The van der Waals surface area contributed by atoms with Crippen LogP contribution in [0.4, 0.5) is 0 Å². The first-order valence-corrected chi connectivity index (χ1v) is 14.6. The smallest absolute Gasteiger partial charge is 0.138 e. The van der Waals surface area contributed by atoms with Gasteiger partial charge in [-0.25, -0.2) is 0 Å². The highest BCUT2D eigenvalue weighted by atomic mass is 16.3. The highest BCUT2D eigenvalue weighted by Crippen LogP contribution is 2.48. The van der Waals surface area contributed by atoms with Crippen molar-refractivity contribution in [1.29, 1.82) is 0 Å². The van der Waals surface area contributed by atoms with Gasteiger partial charge in [0.2, 0.25) is 0 Å². The van der Waals surface area contributed by atoms with E-state index in [1.165, 1.54) is 61.2 Å². The van der Waals surface area contributed by atoms with Crippen molar-refractivity contribution < 1.29 is 4.42 Å². The molecular weight excluding hydrogens is 522 g/mol. The molecule has 2 aromatic heterocycles. The summed E-state index contributed by atoms with van der Waals surface area (Å²) in [6, 6.07) is 50.5. The molecule has 200 valence electrons. The van der Waals surface area contributed by atoms with Gasteiger partial charge in [-0.15, -0.1) is 0 Å². The molecule has 0 N–H and O–H groups in total. The largest absolute Gasteiger partial charge is 0.456 e. The number of pyridine rings is 1. The number of furan rings is 1. The summed E-state index contributed by atoms with van der Waals surface area (Å²) in [6.07, 6.45) is 3.65. The van der Waals surface area contributed by atoms with Gasteiger partial charge in [-0.2, -0.15) is 0 Å². The summed E-state index contributed by atoms with van der Waals surface area (Å²) >= 11 is 0. The highest BCUT2D eigenvalue weighted by Gasteiger charge is 2.21. The Labute approximate surface area is 249 Å². The summed E-state index contributed by atoms with van der Waals surface area (Å²) in [5, 5.41) is 2.13. The first-order valence-electron chi connectivity index (χ1n) is 14.6. The molecule has 2 nitrogen and oxygen atoms in total. The van der Waals surface area contributed by atoms with Gasteiger partial charge in [-0.1, -0.05) is 115 Å². The van der Waals surface area contributed by atoms with Gasteiger partial charge in [0.25, 0.3) is 0 Å². The van der Waals surface area contributed by atoms with Gasteiger partial charge < -0.3 is 4.42 Å². The molecule has 0 spiro atoms. The zero-order valence-corrected chi connectivity index (χ0v) is 23.3. The molecule has 2 heteroatoms. The Hall–Kier alpha value is -5.73. The second-order valence-electron chi connectivity index (χ2n) is 11.2. The molecule has 1 aliphatic carbocycles. The van der Waals surface area contributed by atoms with Gasteiger partial charge in [-0.05, 0) is 91.0 Å². The number of benzene rings is 6. The fraction of sp³-hybridized carbons (Fsp3) is 0. The van der Waals surface area contributed by atoms with Gasteiger partial charge >= 0.3 is 0 Å². The summed E-state index contributed by atoms with van der Waals surface area (Å²) in [7, 11) is 0. The molecule has 0 aliphatic heterocycles. The summed E-state index contributed by atoms with van der Waals surface area (Å²) < 4.78 is 6.01. The van der Waals surface area contributed by atoms with E-state index in [0.717, 1.165) is 27.5 Å². The molecule has 0 saturated carbocycles. The van der Waals surface area contributed by atoms with Crippen LogP contribution in [-0.4, -0.2) is 4.98 Å². The van der Waals surface area contributed by atoms with Crippen LogP contribution in [-0.2, 0) is 0 Å². The average Bonchev–Trinajstić information content (AvgIpc) is 3.46. The molecule has 0 unspecified atom stereocenters. The lowest BCUT2D eigenvalue weighted by Crippen LogP contribution is -1.97. The second kappa shape index (κ2) is 9.40. The lowest BCUT2D eigenvalue weighted by molar-refractivity contribution is 0.668. The van der Waals surface area contributed by atoms with Gasteiger partial charge in [-0.3, -0.25) is 4.98 Å². The summed E-state index contributed by atoms with van der Waals surface area (Å²) in [5.74, 6) is 0. The first-order chi connectivity index (χ1) is 21.3. The number of hydrogen-bond acceptors (Lipinski definition) is 2. The maximum absolute atomic E-state index is 6.01. The molecule has 0 amide bonds. The Kier molecular flexibility index (Phi) is 5.23. The highest BCUT2D eigenvalue weighted by molar-refractivity contribution is 6.06. The van der Waals surface area contributed by atoms with E-state index in [0.29, 0.717) is 0 Å². The SMILES string of the molecule is c1ccc2c(c1)-c1ccccc1-c1ccc(-c3ccc(-c4ccc5oc6ccncc6c5c4)cc3)cc1-c1ccccc1-2. The molecule has 6 aromatic carbocycles. The molecule has 8 aromatic rings. The van der Waals surface area contributed by atoms with Crippen molar-refractivity contribution >= 4 is 21.9 Å². The molecule has 2 heterocycles. The van der Waals surface area contributed by atoms with Crippen molar-refractivity contribution in [2.45, 2.75) is 0 Å². The zero-order chi connectivity index (χ0) is 28.3. The monoisotopic (exact) mass is 547 g/mol. The maximum atomic E-state index is 6.01. The van der Waals surface area contributed by atoms with Crippen LogP contribution in [0, 0.1) is 0 Å². The third kappa shape index (κ3) is 3.77. The minimum Gasteiger partial charge on any atom is -0.456 e. The first kappa shape index (κ1) is 23.9. The summed E-state index contributed by atoms with van der Waals surface area (Å²) in [4.78, 5) is 4.30. The number of fused-ring (bicyclic) bond motifs is 11. The minimum atomic E-state index is 0.865. The van der Waals surface area contributed by atoms with Crippen LogP contribution >= 0.6 is 0 Å². The molecular formula is C41H25NO. The Morgan fingerprint density at radius 1 is 0.349 bits per heavy atom. The summed E-state index contributed by atoms with van der Waals surface area (Å²) in [5.41, 5.74) is 16.6. The van der Waals surface area contributed by atoms with Crippen molar-refractivity contribution in [2.24, 2.45) is 0 Å². The molecule has 0 bridgehead atoms. The van der Waals surface area contributed by atoms with Crippen LogP contribution in [0.5, 0.6) is 0 Å². The number of aromatic nitrogens is 1. The molecule has 9 rings (SSSR count). The Bertz CT molecular complexity index is 2340. The van der Waals surface area contributed by atoms with Crippen molar-refractivity contribution in [3.05, 3.63) is 152 Å². The predicted octanol–water partition coefficient (Wildman–Crippen LogP) is 11.3. The quantitative estimate of drug-likeness (QED) is 0.215. The van der Waals surface area contributed by atoms with Crippen LogP contribution in [0.1, 0.15) is 0 Å². The average molecular weight is 548 g/mol. The van der Waals surface area contributed by atoms with Gasteiger partial charge in [0, 0.05) is 23.2 Å². The predicted molar refractivity (Wildman–Crippen MR) is 178 cm³/mol. The normalized spacial score (nSPS) is 11.7. The standard InChI is InChI=1S/C41H25NO/c1-2-8-31-30(7-1)32-9-3-4-11-34(32)36-19-17-28(23-37(36)35-12-6-5-10-33(31)35)26-13-15-27(16-14-26)29-18-20-40-38(24-29)39-25-42-22-21-41(39)43-40/h1-25H. The third-order valence-electron chi connectivity index (χ3n) is 8.78. The van der Waals surface area contributed by atoms with E-state index in [-0.39, 0.29) is 0 Å². The fourth-order valence-electron chi connectivity index (χ4n) is 6.70. The molecule has 0 atom stereocenters. The van der Waals surface area contributed by atoms with Crippen LogP contribution in [0.2, 0.25) is 0 Å². The van der Waals surface area contributed by atoms with E-state index in [2.05, 4.69) is 138 Å². The fourth-order valence-corrected chi connectivity index (χ4v) is 6.70. The number of hydrogen-bond donors (Lipinski definition) is 0. The van der Waals surface area contributed by atoms with E-state index in [9.17, 15) is 0 Å². The number of rotatable bonds is 2. The molecule has 1 aliphatic rings. The van der Waals surface area contributed by atoms with E-state index in [4.69, 9.17) is 4.42 Å². The van der Waals surface area contributed by atoms with Gasteiger partial charge in [0.05, 0.1) is 0 Å². The van der Waals surface area contributed by atoms with E-state index < -0.39 is 0 Å². The Balaban J connectivity index is 1.17. The van der Waals surface area contributed by atoms with Gasteiger partial charge in [0.15, 0.2) is 0 Å². The summed E-state index contributed by atoms with van der Waals surface area (Å²) in [6.45, 7) is 0. The Morgan fingerprint density at radius 2 is 0.791 bits per heavy atom. The zero-order valence-electron chi connectivity index (χ0n) is 23.3. The lowest BCUT2D eigenvalue weighted by atomic mass is 9.80. The van der Waals surface area contributed by atoms with Gasteiger partial charge in [0.1, 0.15) is 11.2 Å². The molecule has 43 heavy (non-hydrogen) atoms. The van der Waals surface area contributed by atoms with Crippen LogP contribution in [0.15, 0.2) is 156 Å². The van der Waals surface area contributed by atoms with Crippen LogP contribution < -0.4 is 0 Å². The maximum Gasteiger partial charge on any atom is 0.138 e. The van der Waals surface area contributed by atoms with E-state index in [1.807, 2.05) is 12.3 Å².